The summed E-state index contributed by atoms with van der Waals surface area (Å²) in [5.41, 5.74) is -1.25. The second-order valence-corrected chi connectivity index (χ2v) is 6.76. The van der Waals surface area contributed by atoms with Crippen LogP contribution in [0.25, 0.3) is 0 Å². The Morgan fingerprint density at radius 2 is 1.62 bits per heavy atom. The SMILES string of the molecule is CCCC(=O)OC1(C(=O)O)CCC(C2CCCCC2)CC1. The van der Waals surface area contributed by atoms with Crippen molar-refractivity contribution in [1.82, 2.24) is 0 Å². The van der Waals surface area contributed by atoms with Crippen LogP contribution >= 0.6 is 0 Å². The number of ether oxygens (including phenoxy) is 1. The van der Waals surface area contributed by atoms with Gasteiger partial charge in [0.15, 0.2) is 0 Å². The van der Waals surface area contributed by atoms with Crippen LogP contribution in [-0.4, -0.2) is 22.6 Å². The Balaban J connectivity index is 1.93. The molecule has 0 heterocycles. The van der Waals surface area contributed by atoms with Crippen LogP contribution in [0.1, 0.15) is 77.6 Å². The molecule has 0 aliphatic heterocycles. The highest BCUT2D eigenvalue weighted by atomic mass is 16.6. The lowest BCUT2D eigenvalue weighted by Gasteiger charge is -2.40. The molecule has 2 rings (SSSR count). The lowest BCUT2D eigenvalue weighted by atomic mass is 9.69. The van der Waals surface area contributed by atoms with Crippen LogP contribution in [0.4, 0.5) is 0 Å². The second kappa shape index (κ2) is 7.28. The Labute approximate surface area is 127 Å². The van der Waals surface area contributed by atoms with Gasteiger partial charge in [-0.2, -0.15) is 0 Å². The van der Waals surface area contributed by atoms with Crippen LogP contribution in [0, 0.1) is 11.8 Å². The molecule has 2 saturated carbocycles. The van der Waals surface area contributed by atoms with Crippen LogP contribution in [0.2, 0.25) is 0 Å². The molecule has 4 heteroatoms. The Morgan fingerprint density at radius 3 is 2.14 bits per heavy atom. The van der Waals surface area contributed by atoms with Gasteiger partial charge in [0.25, 0.3) is 0 Å². The molecule has 0 bridgehead atoms. The summed E-state index contributed by atoms with van der Waals surface area (Å²) in [7, 11) is 0. The molecule has 0 aromatic carbocycles. The number of hydrogen-bond donors (Lipinski definition) is 1. The van der Waals surface area contributed by atoms with Gasteiger partial charge in [-0.25, -0.2) is 4.79 Å². The molecule has 2 aliphatic rings. The minimum atomic E-state index is -1.25. The fourth-order valence-electron chi connectivity index (χ4n) is 4.02. The van der Waals surface area contributed by atoms with E-state index in [2.05, 4.69) is 0 Å². The van der Waals surface area contributed by atoms with Crippen molar-refractivity contribution < 1.29 is 19.4 Å². The molecule has 120 valence electrons. The molecular weight excluding hydrogens is 268 g/mol. The van der Waals surface area contributed by atoms with E-state index in [1.807, 2.05) is 6.92 Å². The van der Waals surface area contributed by atoms with Crippen LogP contribution in [0.3, 0.4) is 0 Å². The van der Waals surface area contributed by atoms with Gasteiger partial charge < -0.3 is 9.84 Å². The Bertz CT molecular complexity index is 363. The van der Waals surface area contributed by atoms with Crippen molar-refractivity contribution in [1.29, 1.82) is 0 Å². The van der Waals surface area contributed by atoms with Crippen molar-refractivity contribution >= 4 is 11.9 Å². The summed E-state index contributed by atoms with van der Waals surface area (Å²) in [6.45, 7) is 1.90. The zero-order valence-electron chi connectivity index (χ0n) is 13.1. The van der Waals surface area contributed by atoms with Crippen molar-refractivity contribution in [3.05, 3.63) is 0 Å². The third kappa shape index (κ3) is 3.98. The maximum atomic E-state index is 11.7. The molecule has 0 radical (unpaired) electrons. The Morgan fingerprint density at radius 1 is 1.05 bits per heavy atom. The predicted molar refractivity (Wildman–Crippen MR) is 79.9 cm³/mol. The lowest BCUT2D eigenvalue weighted by Crippen LogP contribution is -2.47. The van der Waals surface area contributed by atoms with E-state index in [4.69, 9.17) is 4.74 Å². The van der Waals surface area contributed by atoms with Gasteiger partial charge in [-0.05, 0) is 43.9 Å². The minimum Gasteiger partial charge on any atom is -0.478 e. The summed E-state index contributed by atoms with van der Waals surface area (Å²) >= 11 is 0. The molecule has 0 unspecified atom stereocenters. The third-order valence-corrected chi connectivity index (χ3v) is 5.31. The van der Waals surface area contributed by atoms with E-state index in [1.165, 1.54) is 32.1 Å². The monoisotopic (exact) mass is 296 g/mol. The van der Waals surface area contributed by atoms with Crippen molar-refractivity contribution in [2.24, 2.45) is 11.8 Å². The third-order valence-electron chi connectivity index (χ3n) is 5.31. The average molecular weight is 296 g/mol. The van der Waals surface area contributed by atoms with E-state index in [9.17, 15) is 14.7 Å². The molecule has 1 N–H and O–H groups in total. The first-order chi connectivity index (χ1) is 10.1. The van der Waals surface area contributed by atoms with Crippen LogP contribution in [-0.2, 0) is 14.3 Å². The van der Waals surface area contributed by atoms with E-state index < -0.39 is 11.6 Å². The molecule has 21 heavy (non-hydrogen) atoms. The van der Waals surface area contributed by atoms with E-state index in [0.29, 0.717) is 31.6 Å². The zero-order valence-corrected chi connectivity index (χ0v) is 13.1. The fraction of sp³-hybridized carbons (Fsp3) is 0.882. The minimum absolute atomic E-state index is 0.307. The molecule has 0 spiro atoms. The summed E-state index contributed by atoms with van der Waals surface area (Å²) in [5.74, 6) is 0.0598. The number of hydrogen-bond acceptors (Lipinski definition) is 3. The molecule has 0 saturated heterocycles. The standard InChI is InChI=1S/C17H28O4/c1-2-6-15(18)21-17(16(19)20)11-9-14(10-12-17)13-7-4-3-5-8-13/h13-14H,2-12H2,1H3,(H,19,20). The summed E-state index contributed by atoms with van der Waals surface area (Å²) in [6.07, 6.45) is 10.3. The van der Waals surface area contributed by atoms with Gasteiger partial charge in [0, 0.05) is 6.42 Å². The highest BCUT2D eigenvalue weighted by Crippen LogP contribution is 2.42. The summed E-state index contributed by atoms with van der Waals surface area (Å²) < 4.78 is 5.38. The number of carboxylic acids is 1. The van der Waals surface area contributed by atoms with Crippen LogP contribution < -0.4 is 0 Å². The smallest absolute Gasteiger partial charge is 0.348 e. The number of carbonyl (C=O) groups is 2. The summed E-state index contributed by atoms with van der Waals surface area (Å²) in [5, 5.41) is 9.53. The number of esters is 1. The molecule has 0 atom stereocenters. The second-order valence-electron chi connectivity index (χ2n) is 6.76. The van der Waals surface area contributed by atoms with Crippen molar-refractivity contribution in [3.8, 4) is 0 Å². The molecule has 0 aromatic rings. The van der Waals surface area contributed by atoms with E-state index in [1.54, 1.807) is 0 Å². The molecular formula is C17H28O4. The quantitative estimate of drug-likeness (QED) is 0.781. The van der Waals surface area contributed by atoms with Crippen LogP contribution in [0.5, 0.6) is 0 Å². The van der Waals surface area contributed by atoms with E-state index in [-0.39, 0.29) is 5.97 Å². The van der Waals surface area contributed by atoms with Gasteiger partial charge >= 0.3 is 11.9 Å². The fourth-order valence-corrected chi connectivity index (χ4v) is 4.02. The van der Waals surface area contributed by atoms with Gasteiger partial charge in [-0.15, -0.1) is 0 Å². The number of aliphatic carboxylic acids is 1. The first-order valence-electron chi connectivity index (χ1n) is 8.52. The van der Waals surface area contributed by atoms with Gasteiger partial charge in [-0.3, -0.25) is 4.79 Å². The highest BCUT2D eigenvalue weighted by Gasteiger charge is 2.46. The highest BCUT2D eigenvalue weighted by molar-refractivity contribution is 5.82. The lowest BCUT2D eigenvalue weighted by molar-refractivity contribution is -0.184. The van der Waals surface area contributed by atoms with Crippen molar-refractivity contribution in [2.45, 2.75) is 83.2 Å². The van der Waals surface area contributed by atoms with E-state index >= 15 is 0 Å². The zero-order chi connectivity index (χ0) is 15.3. The van der Waals surface area contributed by atoms with Gasteiger partial charge in [-0.1, -0.05) is 39.0 Å². The molecule has 0 aromatic heterocycles. The average Bonchev–Trinajstić information content (AvgIpc) is 2.49. The van der Waals surface area contributed by atoms with Crippen LogP contribution in [0.15, 0.2) is 0 Å². The molecule has 2 fully saturated rings. The first kappa shape index (κ1) is 16.3. The Hall–Kier alpha value is -1.06. The van der Waals surface area contributed by atoms with Gasteiger partial charge in [0.1, 0.15) is 0 Å². The maximum absolute atomic E-state index is 11.7. The number of carbonyl (C=O) groups excluding carboxylic acids is 1. The maximum Gasteiger partial charge on any atom is 0.348 e. The number of rotatable bonds is 5. The topological polar surface area (TPSA) is 63.6 Å². The molecule has 0 amide bonds. The van der Waals surface area contributed by atoms with Crippen molar-refractivity contribution in [3.63, 3.8) is 0 Å². The largest absolute Gasteiger partial charge is 0.478 e. The summed E-state index contributed by atoms with van der Waals surface area (Å²) in [4.78, 5) is 23.3. The number of carboxylic acid groups (broad SMARTS) is 1. The summed E-state index contributed by atoms with van der Waals surface area (Å²) in [6, 6.07) is 0. The van der Waals surface area contributed by atoms with E-state index in [0.717, 1.165) is 18.8 Å². The normalized spacial score (nSPS) is 30.8. The first-order valence-corrected chi connectivity index (χ1v) is 8.52. The predicted octanol–water partition coefficient (Wildman–Crippen LogP) is 3.92. The molecule has 2 aliphatic carbocycles. The Kier molecular flexibility index (Phi) is 5.65. The van der Waals surface area contributed by atoms with Crippen molar-refractivity contribution in [2.75, 3.05) is 0 Å². The van der Waals surface area contributed by atoms with Gasteiger partial charge in [0.05, 0.1) is 0 Å². The molecule has 4 nitrogen and oxygen atoms in total. The van der Waals surface area contributed by atoms with Gasteiger partial charge in [0.2, 0.25) is 5.60 Å².